The highest BCUT2D eigenvalue weighted by Crippen LogP contribution is 2.30. The number of nitrogens with one attached hydrogen (secondary N) is 1. The molecule has 2 aliphatic heterocycles. The Kier molecular flexibility index (Phi) is 44.8. The van der Waals surface area contributed by atoms with E-state index in [0.29, 0.717) is 12.8 Å². The lowest BCUT2D eigenvalue weighted by Gasteiger charge is -2.46. The lowest BCUT2D eigenvalue weighted by Crippen LogP contribution is -2.65. The van der Waals surface area contributed by atoms with Crippen molar-refractivity contribution in [3.05, 3.63) is 24.3 Å². The highest BCUT2D eigenvalue weighted by atomic mass is 16.7. The molecule has 0 aromatic rings. The van der Waals surface area contributed by atoms with E-state index in [9.17, 15) is 45.6 Å². The molecule has 0 saturated carbocycles. The number of hydrogen-bond donors (Lipinski definition) is 9. The third kappa shape index (κ3) is 33.3. The van der Waals surface area contributed by atoms with E-state index < -0.39 is 86.8 Å². The average Bonchev–Trinajstić information content (AvgIpc) is 3.42. The van der Waals surface area contributed by atoms with E-state index in [2.05, 4.69) is 31.3 Å². The monoisotopic (exact) mass is 1080 g/mol. The van der Waals surface area contributed by atoms with Crippen LogP contribution in [0.25, 0.3) is 0 Å². The standard InChI is InChI=1S/C62H117NO13/c1-3-5-7-9-11-13-15-17-19-21-22-23-24-25-26-27-28-30-32-34-36-38-40-42-44-46-54(67)63-50(51(66)45-43-41-39-37-35-33-31-29-20-18-16-14-12-10-8-6-4-2)49-73-61-59(72)57(70)60(53(48-65)75-61)76-62-58(71)56(69)55(68)52(47-64)74-62/h35,37,43,45,50-53,55-62,64-66,68-72H,3-34,36,38-42,44,46-49H2,1-2H3,(H,63,67)/b37-35+,45-43+. The smallest absolute Gasteiger partial charge is 0.220 e. The van der Waals surface area contributed by atoms with Gasteiger partial charge in [0.15, 0.2) is 12.6 Å². The first-order valence-corrected chi connectivity index (χ1v) is 31.6. The zero-order valence-corrected chi connectivity index (χ0v) is 48.3. The Morgan fingerprint density at radius 3 is 1.29 bits per heavy atom. The number of carbonyl (C=O) groups excluding carboxylic acids is 1. The van der Waals surface area contributed by atoms with E-state index >= 15 is 0 Å². The number of allylic oxidation sites excluding steroid dienone is 3. The normalized spacial score (nSPS) is 25.0. The first-order chi connectivity index (χ1) is 37.1. The molecule has 0 bridgehead atoms. The van der Waals surface area contributed by atoms with Crippen LogP contribution in [0.5, 0.6) is 0 Å². The Balaban J connectivity index is 1.73. The lowest BCUT2D eigenvalue weighted by atomic mass is 9.97. The molecule has 0 aromatic heterocycles. The zero-order valence-electron chi connectivity index (χ0n) is 48.3. The van der Waals surface area contributed by atoms with Gasteiger partial charge in [-0.05, 0) is 32.1 Å². The average molecular weight is 1080 g/mol. The number of aliphatic hydroxyl groups excluding tert-OH is 8. The van der Waals surface area contributed by atoms with E-state index in [1.807, 2.05) is 6.08 Å². The van der Waals surface area contributed by atoms with Gasteiger partial charge in [0.05, 0.1) is 32.0 Å². The maximum atomic E-state index is 13.3. The Labute approximate surface area is 462 Å². The van der Waals surface area contributed by atoms with Gasteiger partial charge in [0.2, 0.25) is 5.91 Å². The fourth-order valence-corrected chi connectivity index (χ4v) is 10.5. The Hall–Kier alpha value is -1.53. The summed E-state index contributed by atoms with van der Waals surface area (Å²) in [7, 11) is 0. The van der Waals surface area contributed by atoms with Crippen molar-refractivity contribution >= 4 is 5.91 Å². The summed E-state index contributed by atoms with van der Waals surface area (Å²) < 4.78 is 22.8. The van der Waals surface area contributed by atoms with Gasteiger partial charge in [-0.1, -0.05) is 256 Å². The van der Waals surface area contributed by atoms with Gasteiger partial charge in [0.1, 0.15) is 48.8 Å². The fourth-order valence-electron chi connectivity index (χ4n) is 10.5. The molecular formula is C62H117NO13. The molecule has 1 amide bonds. The number of unbranched alkanes of at least 4 members (excludes halogenated alkanes) is 36. The first kappa shape index (κ1) is 70.6. The molecule has 2 fully saturated rings. The molecule has 2 rings (SSSR count). The van der Waals surface area contributed by atoms with Gasteiger partial charge in [-0.3, -0.25) is 4.79 Å². The SMILES string of the molecule is CCCCCCCCCCCCC/C=C/CC/C=C/C(O)C(COC1OC(CO)C(OC2OC(CO)C(O)C(O)C2O)C(O)C1O)NC(=O)CCCCCCCCCCCCCCCCCCCCCCCCCCC. The van der Waals surface area contributed by atoms with Crippen molar-refractivity contribution in [2.24, 2.45) is 0 Å². The van der Waals surface area contributed by atoms with Gasteiger partial charge in [-0.25, -0.2) is 0 Å². The van der Waals surface area contributed by atoms with Crippen molar-refractivity contribution in [1.29, 1.82) is 0 Å². The second-order valence-corrected chi connectivity index (χ2v) is 22.5. The van der Waals surface area contributed by atoms with Crippen LogP contribution in [0, 0.1) is 0 Å². The van der Waals surface area contributed by atoms with Gasteiger partial charge in [-0.2, -0.15) is 0 Å². The van der Waals surface area contributed by atoms with Crippen LogP contribution in [-0.4, -0.2) is 140 Å². The van der Waals surface area contributed by atoms with Crippen LogP contribution in [0.15, 0.2) is 24.3 Å². The predicted octanol–water partition coefficient (Wildman–Crippen LogP) is 11.2. The molecule has 2 aliphatic rings. The topological polar surface area (TPSA) is 228 Å². The molecule has 2 heterocycles. The highest BCUT2D eigenvalue weighted by molar-refractivity contribution is 5.76. The third-order valence-electron chi connectivity index (χ3n) is 15.6. The van der Waals surface area contributed by atoms with Crippen LogP contribution in [0.4, 0.5) is 0 Å². The van der Waals surface area contributed by atoms with Crippen LogP contribution in [0.3, 0.4) is 0 Å². The summed E-state index contributed by atoms with van der Waals surface area (Å²) in [5.74, 6) is -0.244. The second-order valence-electron chi connectivity index (χ2n) is 22.5. The number of rotatable bonds is 51. The van der Waals surface area contributed by atoms with Gasteiger partial charge in [0, 0.05) is 6.42 Å². The third-order valence-corrected chi connectivity index (χ3v) is 15.6. The number of hydrogen-bond acceptors (Lipinski definition) is 13. The maximum Gasteiger partial charge on any atom is 0.220 e. The molecule has 12 atom stereocenters. The molecule has 14 nitrogen and oxygen atoms in total. The largest absolute Gasteiger partial charge is 0.394 e. The van der Waals surface area contributed by atoms with E-state index in [1.54, 1.807) is 6.08 Å². The Morgan fingerprint density at radius 1 is 0.461 bits per heavy atom. The summed E-state index contributed by atoms with van der Waals surface area (Å²) in [5, 5.41) is 87.1. The van der Waals surface area contributed by atoms with Crippen LogP contribution in [-0.2, 0) is 23.7 Å². The maximum absolute atomic E-state index is 13.3. The van der Waals surface area contributed by atoms with Crippen molar-refractivity contribution in [3.63, 3.8) is 0 Å². The van der Waals surface area contributed by atoms with Gasteiger partial charge in [0.25, 0.3) is 0 Å². The summed E-state index contributed by atoms with van der Waals surface area (Å²) in [5.41, 5.74) is 0. The molecule has 76 heavy (non-hydrogen) atoms. The van der Waals surface area contributed by atoms with E-state index in [0.717, 1.165) is 32.1 Å². The number of ether oxygens (including phenoxy) is 4. The number of aliphatic hydroxyl groups is 8. The minimum absolute atomic E-state index is 0.244. The first-order valence-electron chi connectivity index (χ1n) is 31.6. The van der Waals surface area contributed by atoms with Crippen molar-refractivity contribution < 1.29 is 64.6 Å². The Bertz CT molecular complexity index is 1370. The van der Waals surface area contributed by atoms with Crippen molar-refractivity contribution in [2.45, 2.75) is 344 Å². The van der Waals surface area contributed by atoms with E-state index in [4.69, 9.17) is 18.9 Å². The van der Waals surface area contributed by atoms with E-state index in [-0.39, 0.29) is 18.9 Å². The quantitative estimate of drug-likeness (QED) is 0.0204. The molecule has 12 unspecified atom stereocenters. The van der Waals surface area contributed by atoms with E-state index in [1.165, 1.54) is 205 Å². The molecule has 9 N–H and O–H groups in total. The van der Waals surface area contributed by atoms with Crippen LogP contribution >= 0.6 is 0 Å². The molecular weight excluding hydrogens is 967 g/mol. The van der Waals surface area contributed by atoms with Gasteiger partial charge < -0.3 is 65.1 Å². The molecule has 0 spiro atoms. The highest BCUT2D eigenvalue weighted by Gasteiger charge is 2.51. The van der Waals surface area contributed by atoms with Crippen LogP contribution in [0.1, 0.15) is 271 Å². The minimum Gasteiger partial charge on any atom is -0.394 e. The van der Waals surface area contributed by atoms with Crippen LogP contribution < -0.4 is 5.32 Å². The predicted molar refractivity (Wildman–Crippen MR) is 305 cm³/mol. The lowest BCUT2D eigenvalue weighted by molar-refractivity contribution is -0.359. The summed E-state index contributed by atoms with van der Waals surface area (Å²) in [6.07, 6.45) is 40.8. The van der Waals surface area contributed by atoms with Crippen molar-refractivity contribution in [2.75, 3.05) is 19.8 Å². The second kappa shape index (κ2) is 48.2. The molecule has 0 radical (unpaired) electrons. The summed E-state index contributed by atoms with van der Waals surface area (Å²) in [6, 6.07) is -0.928. The molecule has 0 aliphatic carbocycles. The van der Waals surface area contributed by atoms with Crippen LogP contribution in [0.2, 0.25) is 0 Å². The molecule has 2 saturated heterocycles. The van der Waals surface area contributed by atoms with Crippen molar-refractivity contribution in [1.82, 2.24) is 5.32 Å². The Morgan fingerprint density at radius 2 is 0.842 bits per heavy atom. The van der Waals surface area contributed by atoms with Gasteiger partial charge >= 0.3 is 0 Å². The number of amides is 1. The summed E-state index contributed by atoms with van der Waals surface area (Å²) in [6.45, 7) is 2.81. The van der Waals surface area contributed by atoms with Crippen molar-refractivity contribution in [3.8, 4) is 0 Å². The van der Waals surface area contributed by atoms with Gasteiger partial charge in [-0.15, -0.1) is 0 Å². The summed E-state index contributed by atoms with van der Waals surface area (Å²) in [4.78, 5) is 13.3. The minimum atomic E-state index is -1.79. The molecule has 448 valence electrons. The molecule has 0 aromatic carbocycles. The zero-order chi connectivity index (χ0) is 55.3. The summed E-state index contributed by atoms with van der Waals surface area (Å²) >= 11 is 0. The molecule has 14 heteroatoms. The number of carbonyl (C=O) groups is 1. The fraction of sp³-hybridized carbons (Fsp3) is 0.919.